The molecule has 0 saturated carbocycles. The van der Waals surface area contributed by atoms with E-state index in [1.54, 1.807) is 6.20 Å². The molecule has 0 radical (unpaired) electrons. The van der Waals surface area contributed by atoms with Crippen LogP contribution in [0.4, 0.5) is 5.82 Å². The number of nitrogens with zero attached hydrogens (tertiary/aromatic N) is 1. The summed E-state index contributed by atoms with van der Waals surface area (Å²) in [5, 5.41) is 0. The van der Waals surface area contributed by atoms with Gasteiger partial charge in [0.25, 0.3) is 0 Å². The average Bonchev–Trinajstić information content (AvgIpc) is 2.30. The molecule has 0 atom stereocenters. The van der Waals surface area contributed by atoms with E-state index in [9.17, 15) is 0 Å². The topological polar surface area (TPSA) is 38.9 Å². The van der Waals surface area contributed by atoms with Crippen LogP contribution < -0.4 is 5.73 Å². The van der Waals surface area contributed by atoms with E-state index >= 15 is 0 Å². The third-order valence-electron chi connectivity index (χ3n) is 3.21. The predicted octanol–water partition coefficient (Wildman–Crippen LogP) is 3.07. The van der Waals surface area contributed by atoms with E-state index in [-0.39, 0.29) is 0 Å². The van der Waals surface area contributed by atoms with Crippen LogP contribution >= 0.6 is 0 Å². The van der Waals surface area contributed by atoms with Gasteiger partial charge >= 0.3 is 0 Å². The van der Waals surface area contributed by atoms with Crippen LogP contribution in [-0.4, -0.2) is 4.98 Å². The number of pyridine rings is 1. The van der Waals surface area contributed by atoms with Gasteiger partial charge in [-0.05, 0) is 55.0 Å². The number of aromatic nitrogens is 1. The van der Waals surface area contributed by atoms with Crippen molar-refractivity contribution in [2.75, 3.05) is 5.73 Å². The van der Waals surface area contributed by atoms with E-state index < -0.39 is 0 Å². The molecule has 0 saturated heterocycles. The van der Waals surface area contributed by atoms with Crippen LogP contribution in [0.15, 0.2) is 36.5 Å². The standard InChI is InChI=1S/C15H18N2/c1-11-5-3-6-12(2)14(11)9-8-13-7-4-10-17-15(13)16/h3-7,10H,8-9H2,1-2H3,(H2,16,17). The molecule has 17 heavy (non-hydrogen) atoms. The lowest BCUT2D eigenvalue weighted by molar-refractivity contribution is 0.933. The minimum absolute atomic E-state index is 0.652. The molecular formula is C15H18N2. The van der Waals surface area contributed by atoms with Crippen molar-refractivity contribution in [1.29, 1.82) is 0 Å². The Morgan fingerprint density at radius 2 is 1.71 bits per heavy atom. The summed E-state index contributed by atoms with van der Waals surface area (Å²) >= 11 is 0. The zero-order valence-corrected chi connectivity index (χ0v) is 10.4. The lowest BCUT2D eigenvalue weighted by Gasteiger charge is -2.10. The summed E-state index contributed by atoms with van der Waals surface area (Å²) in [6, 6.07) is 10.4. The minimum Gasteiger partial charge on any atom is -0.383 e. The predicted molar refractivity (Wildman–Crippen MR) is 72.0 cm³/mol. The number of aryl methyl sites for hydroxylation is 3. The Bertz CT molecular complexity index is 498. The van der Waals surface area contributed by atoms with Crippen molar-refractivity contribution in [1.82, 2.24) is 4.98 Å². The van der Waals surface area contributed by atoms with Gasteiger partial charge in [-0.1, -0.05) is 24.3 Å². The third-order valence-corrected chi connectivity index (χ3v) is 3.21. The van der Waals surface area contributed by atoms with E-state index in [2.05, 4.69) is 43.1 Å². The van der Waals surface area contributed by atoms with E-state index in [1.165, 1.54) is 16.7 Å². The fourth-order valence-electron chi connectivity index (χ4n) is 2.17. The molecule has 2 N–H and O–H groups in total. The molecule has 0 unspecified atom stereocenters. The number of anilines is 1. The monoisotopic (exact) mass is 226 g/mol. The fourth-order valence-corrected chi connectivity index (χ4v) is 2.17. The molecule has 0 aliphatic rings. The van der Waals surface area contributed by atoms with E-state index in [1.807, 2.05) is 6.07 Å². The van der Waals surface area contributed by atoms with Crippen molar-refractivity contribution in [3.05, 3.63) is 58.8 Å². The molecule has 2 heteroatoms. The molecule has 2 rings (SSSR count). The van der Waals surface area contributed by atoms with Crippen LogP contribution in [0.5, 0.6) is 0 Å². The quantitative estimate of drug-likeness (QED) is 0.873. The van der Waals surface area contributed by atoms with Gasteiger partial charge in [0.1, 0.15) is 5.82 Å². The smallest absolute Gasteiger partial charge is 0.126 e. The largest absolute Gasteiger partial charge is 0.383 e. The Labute approximate surface area is 103 Å². The third kappa shape index (κ3) is 2.64. The molecule has 0 fully saturated rings. The molecule has 0 bridgehead atoms. The zero-order chi connectivity index (χ0) is 12.3. The first-order chi connectivity index (χ1) is 8.18. The first-order valence-electron chi connectivity index (χ1n) is 5.93. The maximum Gasteiger partial charge on any atom is 0.126 e. The van der Waals surface area contributed by atoms with Crippen molar-refractivity contribution in [2.45, 2.75) is 26.7 Å². The summed E-state index contributed by atoms with van der Waals surface area (Å²) in [6.07, 6.45) is 3.71. The Balaban J connectivity index is 2.16. The maximum absolute atomic E-state index is 5.85. The lowest BCUT2D eigenvalue weighted by Crippen LogP contribution is -2.01. The van der Waals surface area contributed by atoms with Gasteiger partial charge in [0.05, 0.1) is 0 Å². The van der Waals surface area contributed by atoms with Gasteiger partial charge in [0.15, 0.2) is 0 Å². The number of rotatable bonds is 3. The second-order valence-corrected chi connectivity index (χ2v) is 4.42. The second kappa shape index (κ2) is 5.00. The molecular weight excluding hydrogens is 208 g/mol. The van der Waals surface area contributed by atoms with Crippen molar-refractivity contribution in [3.8, 4) is 0 Å². The maximum atomic E-state index is 5.85. The molecule has 0 aliphatic carbocycles. The van der Waals surface area contributed by atoms with Crippen LogP contribution in [-0.2, 0) is 12.8 Å². The lowest BCUT2D eigenvalue weighted by atomic mass is 9.97. The number of nitrogens with two attached hydrogens (primary N) is 1. The Morgan fingerprint density at radius 3 is 2.35 bits per heavy atom. The number of hydrogen-bond acceptors (Lipinski definition) is 2. The molecule has 2 nitrogen and oxygen atoms in total. The highest BCUT2D eigenvalue weighted by atomic mass is 14.8. The minimum atomic E-state index is 0.652. The molecule has 1 aromatic heterocycles. The van der Waals surface area contributed by atoms with E-state index in [0.717, 1.165) is 18.4 Å². The zero-order valence-electron chi connectivity index (χ0n) is 10.4. The highest BCUT2D eigenvalue weighted by molar-refractivity contribution is 5.40. The first-order valence-corrected chi connectivity index (χ1v) is 5.93. The second-order valence-electron chi connectivity index (χ2n) is 4.42. The van der Waals surface area contributed by atoms with Crippen molar-refractivity contribution in [2.24, 2.45) is 0 Å². The van der Waals surface area contributed by atoms with Crippen LogP contribution in [0.25, 0.3) is 0 Å². The summed E-state index contributed by atoms with van der Waals surface area (Å²) in [7, 11) is 0. The summed E-state index contributed by atoms with van der Waals surface area (Å²) in [6.45, 7) is 4.32. The highest BCUT2D eigenvalue weighted by Crippen LogP contribution is 2.17. The van der Waals surface area contributed by atoms with Gasteiger partial charge in [-0.2, -0.15) is 0 Å². The molecule has 0 aliphatic heterocycles. The van der Waals surface area contributed by atoms with Gasteiger partial charge in [-0.3, -0.25) is 0 Å². The van der Waals surface area contributed by atoms with Crippen LogP contribution in [0.3, 0.4) is 0 Å². The first kappa shape index (κ1) is 11.6. The van der Waals surface area contributed by atoms with Crippen molar-refractivity contribution >= 4 is 5.82 Å². The molecule has 0 amide bonds. The van der Waals surface area contributed by atoms with Crippen LogP contribution in [0, 0.1) is 13.8 Å². The average molecular weight is 226 g/mol. The SMILES string of the molecule is Cc1cccc(C)c1CCc1cccnc1N. The number of benzene rings is 1. The van der Waals surface area contributed by atoms with Crippen molar-refractivity contribution < 1.29 is 0 Å². The Kier molecular flexibility index (Phi) is 3.43. The number of nitrogen functional groups attached to an aromatic ring is 1. The van der Waals surface area contributed by atoms with E-state index in [4.69, 9.17) is 5.73 Å². The normalized spacial score (nSPS) is 10.5. The summed E-state index contributed by atoms with van der Waals surface area (Å²) < 4.78 is 0. The Morgan fingerprint density at radius 1 is 1.00 bits per heavy atom. The molecule has 0 spiro atoms. The molecule has 1 heterocycles. The van der Waals surface area contributed by atoms with Crippen molar-refractivity contribution in [3.63, 3.8) is 0 Å². The molecule has 1 aromatic carbocycles. The summed E-state index contributed by atoms with van der Waals surface area (Å²) in [5.41, 5.74) is 11.1. The van der Waals surface area contributed by atoms with Gasteiger partial charge < -0.3 is 5.73 Å². The number of hydrogen-bond donors (Lipinski definition) is 1. The summed E-state index contributed by atoms with van der Waals surface area (Å²) in [4.78, 5) is 4.11. The van der Waals surface area contributed by atoms with E-state index in [0.29, 0.717) is 5.82 Å². The molecule has 88 valence electrons. The van der Waals surface area contributed by atoms with Gasteiger partial charge in [-0.25, -0.2) is 4.98 Å². The summed E-state index contributed by atoms with van der Waals surface area (Å²) in [5.74, 6) is 0.652. The van der Waals surface area contributed by atoms with Crippen LogP contribution in [0.1, 0.15) is 22.3 Å². The van der Waals surface area contributed by atoms with Crippen LogP contribution in [0.2, 0.25) is 0 Å². The fraction of sp³-hybridized carbons (Fsp3) is 0.267. The highest BCUT2D eigenvalue weighted by Gasteiger charge is 2.04. The Hall–Kier alpha value is -1.83. The van der Waals surface area contributed by atoms with Gasteiger partial charge in [0.2, 0.25) is 0 Å². The van der Waals surface area contributed by atoms with Gasteiger partial charge in [-0.15, -0.1) is 0 Å². The van der Waals surface area contributed by atoms with Gasteiger partial charge in [0, 0.05) is 6.20 Å². The molecule has 2 aromatic rings.